The maximum absolute atomic E-state index is 12.3. The molecule has 0 unspecified atom stereocenters. The quantitative estimate of drug-likeness (QED) is 0.735. The fraction of sp³-hybridized carbons (Fsp3) is 0.143. The third-order valence-electron chi connectivity index (χ3n) is 2.82. The Morgan fingerprint density at radius 1 is 1.32 bits per heavy atom. The summed E-state index contributed by atoms with van der Waals surface area (Å²) >= 11 is 2.13. The van der Waals surface area contributed by atoms with Crippen LogP contribution in [0.2, 0.25) is 0 Å². The number of amides is 1. The highest BCUT2D eigenvalue weighted by Crippen LogP contribution is 2.14. The van der Waals surface area contributed by atoms with Crippen molar-refractivity contribution in [3.05, 3.63) is 52.4 Å². The summed E-state index contributed by atoms with van der Waals surface area (Å²) < 4.78 is 26.5. The molecule has 0 saturated heterocycles. The Balaban J connectivity index is 2.05. The highest BCUT2D eigenvalue weighted by atomic mass is 127. The molecular weight excluding hydrogens is 417 g/mol. The summed E-state index contributed by atoms with van der Waals surface area (Å²) in [5.74, 6) is -0.406. The van der Waals surface area contributed by atoms with Crippen molar-refractivity contribution in [1.82, 2.24) is 9.29 Å². The van der Waals surface area contributed by atoms with Gasteiger partial charge in [0, 0.05) is 28.7 Å². The van der Waals surface area contributed by atoms with Gasteiger partial charge >= 0.3 is 0 Å². The van der Waals surface area contributed by atoms with E-state index in [1.807, 2.05) is 12.1 Å². The number of aromatic nitrogens is 1. The van der Waals surface area contributed by atoms with Crippen molar-refractivity contribution < 1.29 is 13.2 Å². The van der Waals surface area contributed by atoms with Crippen LogP contribution in [0.25, 0.3) is 0 Å². The molecule has 0 radical (unpaired) electrons. The molecule has 2 rings (SSSR count). The number of rotatable bonds is 5. The molecule has 1 aromatic carbocycles. The number of nitrogens with zero attached hydrogens (tertiary/aromatic N) is 2. The van der Waals surface area contributed by atoms with E-state index in [-0.39, 0.29) is 11.4 Å². The van der Waals surface area contributed by atoms with E-state index < -0.39 is 15.9 Å². The largest absolute Gasteiger partial charge is 0.325 e. The van der Waals surface area contributed by atoms with E-state index in [0.717, 1.165) is 7.88 Å². The minimum atomic E-state index is -3.73. The normalized spacial score (nSPS) is 11.4. The third-order valence-corrected chi connectivity index (χ3v) is 5.28. The first-order chi connectivity index (χ1) is 10.4. The zero-order chi connectivity index (χ0) is 16.2. The van der Waals surface area contributed by atoms with Crippen LogP contribution in [0.5, 0.6) is 0 Å². The first-order valence-corrected chi connectivity index (χ1v) is 8.83. The molecule has 0 fully saturated rings. The minimum absolute atomic E-state index is 0.0551. The van der Waals surface area contributed by atoms with Crippen LogP contribution >= 0.6 is 22.6 Å². The molecule has 1 heterocycles. The van der Waals surface area contributed by atoms with E-state index in [2.05, 4.69) is 32.9 Å². The van der Waals surface area contributed by atoms with Crippen LogP contribution < -0.4 is 5.32 Å². The standard InChI is InChI=1S/C14H14IN3O3S/c1-18(22(20,21)13-6-3-7-16-9-13)10-14(19)17-12-5-2-4-11(15)8-12/h2-9H,10H2,1H3,(H,17,19). The number of hydrogen-bond donors (Lipinski definition) is 1. The van der Waals surface area contributed by atoms with Crippen LogP contribution in [-0.2, 0) is 14.8 Å². The van der Waals surface area contributed by atoms with Crippen molar-refractivity contribution >= 4 is 44.2 Å². The molecule has 0 bridgehead atoms. The first-order valence-electron chi connectivity index (χ1n) is 6.31. The summed E-state index contributed by atoms with van der Waals surface area (Å²) in [5.41, 5.74) is 0.629. The number of hydrogen-bond acceptors (Lipinski definition) is 4. The highest BCUT2D eigenvalue weighted by Gasteiger charge is 2.23. The summed E-state index contributed by atoms with van der Waals surface area (Å²) in [7, 11) is -2.37. The van der Waals surface area contributed by atoms with Crippen molar-refractivity contribution in [2.24, 2.45) is 0 Å². The van der Waals surface area contributed by atoms with Gasteiger partial charge in [0.05, 0.1) is 6.54 Å². The lowest BCUT2D eigenvalue weighted by atomic mass is 10.3. The van der Waals surface area contributed by atoms with Crippen molar-refractivity contribution in [3.8, 4) is 0 Å². The molecule has 8 heteroatoms. The molecule has 1 amide bonds. The van der Waals surface area contributed by atoms with Crippen LogP contribution in [0, 0.1) is 3.57 Å². The Morgan fingerprint density at radius 2 is 2.09 bits per heavy atom. The van der Waals surface area contributed by atoms with Crippen molar-refractivity contribution in [3.63, 3.8) is 0 Å². The van der Waals surface area contributed by atoms with E-state index >= 15 is 0 Å². The number of anilines is 1. The van der Waals surface area contributed by atoms with Crippen LogP contribution in [0.15, 0.2) is 53.7 Å². The van der Waals surface area contributed by atoms with E-state index in [0.29, 0.717) is 5.69 Å². The molecule has 0 aliphatic carbocycles. The van der Waals surface area contributed by atoms with Crippen LogP contribution in [0.4, 0.5) is 5.69 Å². The van der Waals surface area contributed by atoms with Gasteiger partial charge < -0.3 is 5.32 Å². The molecule has 1 N–H and O–H groups in total. The maximum Gasteiger partial charge on any atom is 0.244 e. The van der Waals surface area contributed by atoms with E-state index in [4.69, 9.17) is 0 Å². The number of carbonyl (C=O) groups excluding carboxylic acids is 1. The van der Waals surface area contributed by atoms with E-state index in [1.165, 1.54) is 31.6 Å². The Bertz CT molecular complexity index is 766. The van der Waals surface area contributed by atoms with Gasteiger partial charge in [-0.05, 0) is 52.9 Å². The smallest absolute Gasteiger partial charge is 0.244 e. The Labute approximate surface area is 142 Å². The second kappa shape index (κ2) is 7.16. The average Bonchev–Trinajstić information content (AvgIpc) is 2.48. The van der Waals surface area contributed by atoms with Crippen LogP contribution in [0.3, 0.4) is 0 Å². The number of nitrogens with one attached hydrogen (secondary N) is 1. The molecule has 116 valence electrons. The van der Waals surface area contributed by atoms with Crippen LogP contribution in [-0.4, -0.2) is 37.2 Å². The van der Waals surface area contributed by atoms with Gasteiger partial charge in [-0.25, -0.2) is 8.42 Å². The summed E-state index contributed by atoms with van der Waals surface area (Å²) in [6.45, 7) is -0.275. The lowest BCUT2D eigenvalue weighted by Gasteiger charge is -2.16. The molecule has 0 spiro atoms. The molecule has 22 heavy (non-hydrogen) atoms. The monoisotopic (exact) mass is 431 g/mol. The number of sulfonamides is 1. The first kappa shape index (κ1) is 16.8. The Kier molecular flexibility index (Phi) is 5.48. The Hall–Kier alpha value is -1.52. The van der Waals surface area contributed by atoms with Crippen molar-refractivity contribution in [2.45, 2.75) is 4.90 Å². The van der Waals surface area contributed by atoms with Gasteiger partial charge in [-0.2, -0.15) is 4.31 Å². The number of halogens is 1. The fourth-order valence-electron chi connectivity index (χ4n) is 1.73. The van der Waals surface area contributed by atoms with Gasteiger partial charge in [-0.3, -0.25) is 9.78 Å². The molecule has 2 aromatic rings. The second-order valence-electron chi connectivity index (χ2n) is 4.51. The summed E-state index contributed by atoms with van der Waals surface area (Å²) in [6.07, 6.45) is 2.74. The number of benzene rings is 1. The minimum Gasteiger partial charge on any atom is -0.325 e. The van der Waals surface area contributed by atoms with Crippen molar-refractivity contribution in [2.75, 3.05) is 18.9 Å². The van der Waals surface area contributed by atoms with Gasteiger partial charge in [0.25, 0.3) is 0 Å². The van der Waals surface area contributed by atoms with Gasteiger partial charge in [-0.15, -0.1) is 0 Å². The number of pyridine rings is 1. The van der Waals surface area contributed by atoms with Crippen molar-refractivity contribution in [1.29, 1.82) is 0 Å². The molecule has 0 aliphatic rings. The molecule has 0 atom stereocenters. The number of likely N-dealkylation sites (N-methyl/N-ethyl adjacent to an activating group) is 1. The number of carbonyl (C=O) groups is 1. The SMILES string of the molecule is CN(CC(=O)Nc1cccc(I)c1)S(=O)(=O)c1cccnc1. The van der Waals surface area contributed by atoms with Gasteiger partial charge in [0.2, 0.25) is 15.9 Å². The lowest BCUT2D eigenvalue weighted by molar-refractivity contribution is -0.116. The lowest BCUT2D eigenvalue weighted by Crippen LogP contribution is -2.35. The van der Waals surface area contributed by atoms with Gasteiger partial charge in [0.15, 0.2) is 0 Å². The fourth-order valence-corrected chi connectivity index (χ4v) is 3.37. The summed E-state index contributed by atoms with van der Waals surface area (Å²) in [5, 5.41) is 2.67. The molecule has 0 aliphatic heterocycles. The predicted octanol–water partition coefficient (Wildman–Crippen LogP) is 1.95. The van der Waals surface area contributed by atoms with Gasteiger partial charge in [-0.1, -0.05) is 6.07 Å². The predicted molar refractivity (Wildman–Crippen MR) is 91.8 cm³/mol. The zero-order valence-electron chi connectivity index (χ0n) is 11.7. The molecular formula is C14H14IN3O3S. The van der Waals surface area contributed by atoms with E-state index in [9.17, 15) is 13.2 Å². The van der Waals surface area contributed by atoms with Crippen LogP contribution in [0.1, 0.15) is 0 Å². The third kappa shape index (κ3) is 4.24. The topological polar surface area (TPSA) is 79.4 Å². The summed E-state index contributed by atoms with van der Waals surface area (Å²) in [6, 6.07) is 10.2. The average molecular weight is 431 g/mol. The molecule has 1 aromatic heterocycles. The highest BCUT2D eigenvalue weighted by molar-refractivity contribution is 14.1. The Morgan fingerprint density at radius 3 is 2.73 bits per heavy atom. The maximum atomic E-state index is 12.3. The second-order valence-corrected chi connectivity index (χ2v) is 7.80. The van der Waals surface area contributed by atoms with Gasteiger partial charge in [0.1, 0.15) is 4.90 Å². The molecule has 0 saturated carbocycles. The molecule has 6 nitrogen and oxygen atoms in total. The summed E-state index contributed by atoms with van der Waals surface area (Å²) in [4.78, 5) is 15.8. The zero-order valence-corrected chi connectivity index (χ0v) is 14.7. The van der Waals surface area contributed by atoms with E-state index in [1.54, 1.807) is 12.1 Å².